The number of carbonyl (C=O) groups is 2. The molecule has 2 N–H and O–H groups in total. The topological polar surface area (TPSA) is 79.3 Å². The zero-order chi connectivity index (χ0) is 13.5. The van der Waals surface area contributed by atoms with Gasteiger partial charge in [0.25, 0.3) is 5.91 Å². The van der Waals surface area contributed by atoms with Crippen LogP contribution in [0.25, 0.3) is 0 Å². The van der Waals surface area contributed by atoms with Crippen molar-refractivity contribution in [2.24, 2.45) is 0 Å². The van der Waals surface area contributed by atoms with Crippen molar-refractivity contribution in [1.82, 2.24) is 10.3 Å². The molecule has 1 unspecified atom stereocenters. The van der Waals surface area contributed by atoms with Gasteiger partial charge in [-0.2, -0.15) is 11.8 Å². The van der Waals surface area contributed by atoms with Crippen molar-refractivity contribution in [2.45, 2.75) is 19.9 Å². The Morgan fingerprint density at radius 3 is 2.89 bits per heavy atom. The van der Waals surface area contributed by atoms with Gasteiger partial charge in [-0.25, -0.2) is 4.79 Å². The van der Waals surface area contributed by atoms with E-state index in [4.69, 9.17) is 5.11 Å². The van der Waals surface area contributed by atoms with E-state index in [0.717, 1.165) is 11.5 Å². The van der Waals surface area contributed by atoms with Crippen LogP contribution in [0.15, 0.2) is 18.3 Å². The molecule has 1 aromatic rings. The Morgan fingerprint density at radius 2 is 2.28 bits per heavy atom. The lowest BCUT2D eigenvalue weighted by Crippen LogP contribution is -2.35. The van der Waals surface area contributed by atoms with E-state index in [0.29, 0.717) is 0 Å². The van der Waals surface area contributed by atoms with Crippen molar-refractivity contribution in [2.75, 3.05) is 11.5 Å². The Balaban J connectivity index is 2.75. The highest BCUT2D eigenvalue weighted by atomic mass is 32.2. The van der Waals surface area contributed by atoms with Crippen LogP contribution in [0.2, 0.25) is 0 Å². The number of pyridine rings is 1. The minimum atomic E-state index is -1.15. The van der Waals surface area contributed by atoms with Crippen LogP contribution in [0, 0.1) is 0 Å². The fourth-order valence-electron chi connectivity index (χ4n) is 1.39. The van der Waals surface area contributed by atoms with E-state index < -0.39 is 11.9 Å². The van der Waals surface area contributed by atoms with Crippen molar-refractivity contribution in [3.8, 4) is 0 Å². The molecule has 1 atom stereocenters. The minimum absolute atomic E-state index is 0.0221. The predicted molar refractivity (Wildman–Crippen MR) is 71.1 cm³/mol. The summed E-state index contributed by atoms with van der Waals surface area (Å²) in [5, 5.41) is 11.7. The van der Waals surface area contributed by atoms with Gasteiger partial charge in [-0.05, 0) is 24.8 Å². The van der Waals surface area contributed by atoms with E-state index in [9.17, 15) is 9.59 Å². The van der Waals surface area contributed by atoms with Crippen molar-refractivity contribution in [1.29, 1.82) is 0 Å². The number of hydrogen-bond donors (Lipinski definition) is 2. The number of nitrogens with zero attached hydrogens (tertiary/aromatic N) is 1. The highest BCUT2D eigenvalue weighted by Crippen LogP contribution is 2.07. The third-order valence-corrected chi connectivity index (χ3v) is 3.35. The molecule has 0 aliphatic heterocycles. The number of nitrogens with one attached hydrogen (secondary N) is 1. The molecule has 0 radical (unpaired) electrons. The van der Waals surface area contributed by atoms with Gasteiger partial charge in [-0.3, -0.25) is 9.78 Å². The number of thioether (sulfide) groups is 1. The van der Waals surface area contributed by atoms with Crippen LogP contribution in [-0.2, 0) is 0 Å². The van der Waals surface area contributed by atoms with E-state index >= 15 is 0 Å². The molecule has 0 spiro atoms. The SMILES string of the molecule is CCSCC(C)NC(=O)c1ncccc1C(=O)O. The smallest absolute Gasteiger partial charge is 0.338 e. The number of aromatic carboxylic acids is 1. The first-order valence-electron chi connectivity index (χ1n) is 5.63. The zero-order valence-corrected chi connectivity index (χ0v) is 11.2. The predicted octanol–water partition coefficient (Wildman–Crippen LogP) is 1.65. The van der Waals surface area contributed by atoms with E-state index in [-0.39, 0.29) is 17.3 Å². The van der Waals surface area contributed by atoms with E-state index in [2.05, 4.69) is 10.3 Å². The molecule has 1 rings (SSSR count). The molecule has 0 aliphatic carbocycles. The Labute approximate surface area is 110 Å². The third kappa shape index (κ3) is 4.03. The number of carboxylic acids is 1. The summed E-state index contributed by atoms with van der Waals surface area (Å²) in [5.41, 5.74) is -0.122. The van der Waals surface area contributed by atoms with Crippen molar-refractivity contribution < 1.29 is 14.7 Å². The van der Waals surface area contributed by atoms with E-state index in [1.807, 2.05) is 13.8 Å². The van der Waals surface area contributed by atoms with Crippen molar-refractivity contribution in [3.63, 3.8) is 0 Å². The maximum absolute atomic E-state index is 11.9. The second-order valence-corrected chi connectivity index (χ2v) is 5.06. The van der Waals surface area contributed by atoms with Crippen LogP contribution < -0.4 is 5.32 Å². The van der Waals surface area contributed by atoms with E-state index in [1.165, 1.54) is 18.3 Å². The summed E-state index contributed by atoms with van der Waals surface area (Å²) in [7, 11) is 0. The number of aromatic nitrogens is 1. The van der Waals surface area contributed by atoms with Gasteiger partial charge >= 0.3 is 5.97 Å². The van der Waals surface area contributed by atoms with Gasteiger partial charge in [-0.1, -0.05) is 6.92 Å². The highest BCUT2D eigenvalue weighted by molar-refractivity contribution is 7.99. The summed E-state index contributed by atoms with van der Waals surface area (Å²) in [6.07, 6.45) is 1.41. The van der Waals surface area contributed by atoms with E-state index in [1.54, 1.807) is 11.8 Å². The van der Waals surface area contributed by atoms with Crippen LogP contribution >= 0.6 is 11.8 Å². The average molecular weight is 268 g/mol. The number of hydrogen-bond acceptors (Lipinski definition) is 4. The quantitative estimate of drug-likeness (QED) is 0.820. The van der Waals surface area contributed by atoms with Crippen LogP contribution in [0.5, 0.6) is 0 Å². The maximum atomic E-state index is 11.9. The standard InChI is InChI=1S/C12H16N2O3S/c1-3-18-7-8(2)14-11(15)10-9(12(16)17)5-4-6-13-10/h4-6,8H,3,7H2,1-2H3,(H,14,15)(H,16,17). The first kappa shape index (κ1) is 14.5. The molecule has 0 saturated carbocycles. The summed E-state index contributed by atoms with van der Waals surface area (Å²) >= 11 is 1.71. The molecule has 6 heteroatoms. The summed E-state index contributed by atoms with van der Waals surface area (Å²) in [6, 6.07) is 2.85. The van der Waals surface area contributed by atoms with Gasteiger partial charge in [0.2, 0.25) is 0 Å². The van der Waals surface area contributed by atoms with Gasteiger partial charge in [0.1, 0.15) is 5.69 Å². The number of carbonyl (C=O) groups excluding carboxylic acids is 1. The van der Waals surface area contributed by atoms with Gasteiger partial charge in [0, 0.05) is 18.0 Å². The molecule has 0 bridgehead atoms. The lowest BCUT2D eigenvalue weighted by Gasteiger charge is -2.13. The van der Waals surface area contributed by atoms with Gasteiger partial charge in [0.05, 0.1) is 5.56 Å². The second kappa shape index (κ2) is 7.00. The lowest BCUT2D eigenvalue weighted by atomic mass is 10.2. The molecule has 0 fully saturated rings. The van der Waals surface area contributed by atoms with Crippen molar-refractivity contribution in [3.05, 3.63) is 29.6 Å². The van der Waals surface area contributed by atoms with Crippen LogP contribution in [0.1, 0.15) is 34.7 Å². The van der Waals surface area contributed by atoms with Crippen LogP contribution in [-0.4, -0.2) is 39.5 Å². The zero-order valence-electron chi connectivity index (χ0n) is 10.3. The Morgan fingerprint density at radius 1 is 1.56 bits per heavy atom. The van der Waals surface area contributed by atoms with Crippen LogP contribution in [0.4, 0.5) is 0 Å². The van der Waals surface area contributed by atoms with Crippen LogP contribution in [0.3, 0.4) is 0 Å². The summed E-state index contributed by atoms with van der Waals surface area (Å²) in [6.45, 7) is 3.92. The molecule has 18 heavy (non-hydrogen) atoms. The number of rotatable bonds is 6. The van der Waals surface area contributed by atoms with Gasteiger partial charge in [0.15, 0.2) is 0 Å². The summed E-state index contributed by atoms with van der Waals surface area (Å²) < 4.78 is 0. The summed E-state index contributed by atoms with van der Waals surface area (Å²) in [5.74, 6) is 0.169. The Kier molecular flexibility index (Phi) is 5.64. The Hall–Kier alpha value is -1.56. The van der Waals surface area contributed by atoms with Crippen molar-refractivity contribution >= 4 is 23.6 Å². The maximum Gasteiger partial charge on any atom is 0.338 e. The molecule has 0 aliphatic rings. The first-order valence-corrected chi connectivity index (χ1v) is 6.78. The lowest BCUT2D eigenvalue weighted by molar-refractivity contribution is 0.0689. The molecule has 1 amide bonds. The number of carboxylic acid groups (broad SMARTS) is 1. The molecule has 0 aromatic carbocycles. The normalized spacial score (nSPS) is 11.9. The second-order valence-electron chi connectivity index (χ2n) is 3.74. The molecular formula is C12H16N2O3S. The largest absolute Gasteiger partial charge is 0.478 e. The molecule has 1 aromatic heterocycles. The first-order chi connectivity index (χ1) is 8.56. The molecule has 0 saturated heterocycles. The Bertz CT molecular complexity index is 437. The summed E-state index contributed by atoms with van der Waals surface area (Å²) in [4.78, 5) is 26.7. The molecule has 5 nitrogen and oxygen atoms in total. The number of amides is 1. The molecular weight excluding hydrogens is 252 g/mol. The minimum Gasteiger partial charge on any atom is -0.478 e. The van der Waals surface area contributed by atoms with Gasteiger partial charge in [-0.15, -0.1) is 0 Å². The molecule has 1 heterocycles. The molecule has 98 valence electrons. The monoisotopic (exact) mass is 268 g/mol. The van der Waals surface area contributed by atoms with Gasteiger partial charge < -0.3 is 10.4 Å². The third-order valence-electron chi connectivity index (χ3n) is 2.20. The highest BCUT2D eigenvalue weighted by Gasteiger charge is 2.18. The fraction of sp³-hybridized carbons (Fsp3) is 0.417. The average Bonchev–Trinajstić information content (AvgIpc) is 2.36. The fourth-order valence-corrected chi connectivity index (χ4v) is 2.06.